The summed E-state index contributed by atoms with van der Waals surface area (Å²) in [6, 6.07) is 9.34. The number of amides is 2. The highest BCUT2D eigenvalue weighted by Gasteiger charge is 2.44. The van der Waals surface area contributed by atoms with Crippen LogP contribution in [-0.4, -0.2) is 43.0 Å². The average molecular weight is 248 g/mol. The van der Waals surface area contributed by atoms with Crippen LogP contribution in [0.4, 0.5) is 10.5 Å². The molecule has 18 heavy (non-hydrogen) atoms. The second-order valence-corrected chi connectivity index (χ2v) is 4.58. The number of hydrogen-bond donors (Lipinski definition) is 1. The zero-order chi connectivity index (χ0) is 12.4. The van der Waals surface area contributed by atoms with Crippen molar-refractivity contribution in [3.63, 3.8) is 0 Å². The fourth-order valence-corrected chi connectivity index (χ4v) is 2.38. The summed E-state index contributed by atoms with van der Waals surface area (Å²) in [4.78, 5) is 13.8. The van der Waals surface area contributed by atoms with Crippen molar-refractivity contribution in [2.75, 3.05) is 31.6 Å². The average Bonchev–Trinajstić information content (AvgIpc) is 3.02. The van der Waals surface area contributed by atoms with E-state index in [9.17, 15) is 4.79 Å². The van der Waals surface area contributed by atoms with Gasteiger partial charge in [-0.15, -0.1) is 0 Å². The summed E-state index contributed by atoms with van der Waals surface area (Å²) >= 11 is 0. The molecule has 2 heterocycles. The van der Waals surface area contributed by atoms with Gasteiger partial charge in [-0.3, -0.25) is 0 Å². The molecule has 1 aromatic carbocycles. The van der Waals surface area contributed by atoms with Gasteiger partial charge in [0.2, 0.25) is 0 Å². The molecule has 0 aromatic heterocycles. The molecule has 96 valence electrons. The third-order valence-corrected chi connectivity index (χ3v) is 3.32. The highest BCUT2D eigenvalue weighted by atomic mass is 16.7. The minimum atomic E-state index is -0.548. The Kier molecular flexibility index (Phi) is 2.93. The first kappa shape index (κ1) is 11.5. The third kappa shape index (κ3) is 2.19. The quantitative estimate of drug-likeness (QED) is 0.822. The van der Waals surface area contributed by atoms with E-state index in [0.717, 1.165) is 12.1 Å². The summed E-state index contributed by atoms with van der Waals surface area (Å²) in [7, 11) is 0. The van der Waals surface area contributed by atoms with Gasteiger partial charge < -0.3 is 19.7 Å². The molecule has 5 heteroatoms. The van der Waals surface area contributed by atoms with Crippen LogP contribution < -0.4 is 5.32 Å². The Morgan fingerprint density at radius 2 is 1.94 bits per heavy atom. The van der Waals surface area contributed by atoms with Gasteiger partial charge in [0.15, 0.2) is 5.79 Å². The van der Waals surface area contributed by atoms with Crippen molar-refractivity contribution in [1.29, 1.82) is 0 Å². The van der Waals surface area contributed by atoms with Crippen LogP contribution in [0, 0.1) is 0 Å². The van der Waals surface area contributed by atoms with Crippen LogP contribution in [0.3, 0.4) is 0 Å². The van der Waals surface area contributed by atoms with E-state index in [0.29, 0.717) is 26.3 Å². The van der Waals surface area contributed by atoms with E-state index in [4.69, 9.17) is 9.47 Å². The second-order valence-electron chi connectivity index (χ2n) is 4.58. The van der Waals surface area contributed by atoms with Crippen LogP contribution in [0.1, 0.15) is 6.42 Å². The van der Waals surface area contributed by atoms with Crippen molar-refractivity contribution in [2.24, 2.45) is 0 Å². The molecule has 2 aliphatic heterocycles. The highest BCUT2D eigenvalue weighted by Crippen LogP contribution is 2.30. The van der Waals surface area contributed by atoms with Gasteiger partial charge in [0, 0.05) is 18.7 Å². The minimum Gasteiger partial charge on any atom is -0.346 e. The molecule has 2 fully saturated rings. The number of likely N-dealkylation sites (tertiary alicyclic amines) is 1. The topological polar surface area (TPSA) is 50.8 Å². The molecule has 1 N–H and O–H groups in total. The molecule has 0 bridgehead atoms. The standard InChI is InChI=1S/C13H16N2O3/c16-12(14-11-4-2-1-3-5-11)15-7-6-13(10-15)17-8-9-18-13/h1-5H,6-10H2,(H,14,16). The smallest absolute Gasteiger partial charge is 0.322 e. The highest BCUT2D eigenvalue weighted by molar-refractivity contribution is 5.89. The Hall–Kier alpha value is -1.59. The Morgan fingerprint density at radius 3 is 2.67 bits per heavy atom. The number of carbonyl (C=O) groups is 1. The van der Waals surface area contributed by atoms with Gasteiger partial charge in [0.25, 0.3) is 0 Å². The van der Waals surface area contributed by atoms with Gasteiger partial charge in [0.05, 0.1) is 19.8 Å². The van der Waals surface area contributed by atoms with Crippen LogP contribution in [0.15, 0.2) is 30.3 Å². The number of nitrogens with zero attached hydrogens (tertiary/aromatic N) is 1. The number of rotatable bonds is 1. The second kappa shape index (κ2) is 4.59. The molecule has 2 aliphatic rings. The Balaban J connectivity index is 1.61. The zero-order valence-corrected chi connectivity index (χ0v) is 10.1. The maximum Gasteiger partial charge on any atom is 0.322 e. The van der Waals surface area contributed by atoms with Crippen LogP contribution in [-0.2, 0) is 9.47 Å². The lowest BCUT2D eigenvalue weighted by atomic mass is 10.2. The van der Waals surface area contributed by atoms with Crippen LogP contribution in [0.5, 0.6) is 0 Å². The molecule has 0 radical (unpaired) electrons. The summed E-state index contributed by atoms with van der Waals surface area (Å²) in [6.07, 6.45) is 0.745. The number of ether oxygens (including phenoxy) is 2. The SMILES string of the molecule is O=C(Nc1ccccc1)N1CCC2(C1)OCCO2. The van der Waals surface area contributed by atoms with E-state index >= 15 is 0 Å². The number of urea groups is 1. The summed E-state index contributed by atoms with van der Waals surface area (Å²) < 4.78 is 11.2. The van der Waals surface area contributed by atoms with Gasteiger partial charge in [0.1, 0.15) is 0 Å². The maximum atomic E-state index is 12.1. The largest absolute Gasteiger partial charge is 0.346 e. The molecule has 0 saturated carbocycles. The predicted octanol–water partition coefficient (Wildman–Crippen LogP) is 1.67. The van der Waals surface area contributed by atoms with Crippen molar-refractivity contribution >= 4 is 11.7 Å². The molecule has 1 aromatic rings. The molecule has 3 rings (SSSR count). The van der Waals surface area contributed by atoms with Crippen molar-refractivity contribution in [3.8, 4) is 0 Å². The molecule has 2 saturated heterocycles. The normalized spacial score (nSPS) is 21.4. The van der Waals surface area contributed by atoms with Crippen LogP contribution in [0.25, 0.3) is 0 Å². The van der Waals surface area contributed by atoms with Crippen LogP contribution in [0.2, 0.25) is 0 Å². The predicted molar refractivity (Wildman–Crippen MR) is 66.3 cm³/mol. The number of benzene rings is 1. The number of carbonyl (C=O) groups excluding carboxylic acids is 1. The Labute approximate surface area is 106 Å². The first-order valence-corrected chi connectivity index (χ1v) is 6.16. The lowest BCUT2D eigenvalue weighted by Gasteiger charge is -2.22. The fourth-order valence-electron chi connectivity index (χ4n) is 2.38. The number of para-hydroxylation sites is 1. The molecule has 0 atom stereocenters. The first-order chi connectivity index (χ1) is 8.77. The fraction of sp³-hybridized carbons (Fsp3) is 0.462. The zero-order valence-electron chi connectivity index (χ0n) is 10.1. The van der Waals surface area contributed by atoms with E-state index in [1.807, 2.05) is 30.3 Å². The first-order valence-electron chi connectivity index (χ1n) is 6.16. The van der Waals surface area contributed by atoms with Crippen molar-refractivity contribution < 1.29 is 14.3 Å². The molecular weight excluding hydrogens is 232 g/mol. The maximum absolute atomic E-state index is 12.1. The lowest BCUT2D eigenvalue weighted by Crippen LogP contribution is -2.38. The molecule has 0 unspecified atom stereocenters. The van der Waals surface area contributed by atoms with E-state index in [-0.39, 0.29) is 6.03 Å². The monoisotopic (exact) mass is 248 g/mol. The van der Waals surface area contributed by atoms with E-state index < -0.39 is 5.79 Å². The Bertz CT molecular complexity index is 429. The Morgan fingerprint density at radius 1 is 1.22 bits per heavy atom. The molecule has 5 nitrogen and oxygen atoms in total. The van der Waals surface area contributed by atoms with Crippen LogP contribution >= 0.6 is 0 Å². The van der Waals surface area contributed by atoms with Crippen molar-refractivity contribution in [3.05, 3.63) is 30.3 Å². The van der Waals surface area contributed by atoms with Crippen molar-refractivity contribution in [1.82, 2.24) is 4.90 Å². The van der Waals surface area contributed by atoms with Gasteiger partial charge in [-0.25, -0.2) is 4.79 Å². The van der Waals surface area contributed by atoms with Gasteiger partial charge in [-0.2, -0.15) is 0 Å². The van der Waals surface area contributed by atoms with Crippen molar-refractivity contribution in [2.45, 2.75) is 12.2 Å². The summed E-state index contributed by atoms with van der Waals surface area (Å²) in [6.45, 7) is 2.41. The number of anilines is 1. The number of hydrogen-bond acceptors (Lipinski definition) is 3. The van der Waals surface area contributed by atoms with Gasteiger partial charge >= 0.3 is 6.03 Å². The van der Waals surface area contributed by atoms with E-state index in [1.165, 1.54) is 0 Å². The summed E-state index contributed by atoms with van der Waals surface area (Å²) in [5, 5.41) is 2.87. The minimum absolute atomic E-state index is 0.0998. The molecule has 1 spiro atoms. The number of nitrogens with one attached hydrogen (secondary N) is 1. The summed E-state index contributed by atoms with van der Waals surface area (Å²) in [5.41, 5.74) is 0.803. The molecular formula is C13H16N2O3. The lowest BCUT2D eigenvalue weighted by molar-refractivity contribution is -0.143. The third-order valence-electron chi connectivity index (χ3n) is 3.32. The van der Waals surface area contributed by atoms with Gasteiger partial charge in [-0.05, 0) is 12.1 Å². The van der Waals surface area contributed by atoms with Gasteiger partial charge in [-0.1, -0.05) is 18.2 Å². The summed E-state index contributed by atoms with van der Waals surface area (Å²) in [5.74, 6) is -0.548. The molecule has 2 amide bonds. The van der Waals surface area contributed by atoms with E-state index in [2.05, 4.69) is 5.32 Å². The molecule has 0 aliphatic carbocycles. The van der Waals surface area contributed by atoms with E-state index in [1.54, 1.807) is 4.90 Å².